The Kier molecular flexibility index (Phi) is 9.37. The first-order valence-corrected chi connectivity index (χ1v) is 8.70. The van der Waals surface area contributed by atoms with Crippen LogP contribution >= 0.6 is 0 Å². The summed E-state index contributed by atoms with van der Waals surface area (Å²) in [4.78, 5) is 35.1. The normalized spacial score (nSPS) is 23.4. The smallest absolute Gasteiger partial charge is 0.308 e. The molecule has 0 saturated carbocycles. The van der Waals surface area contributed by atoms with Gasteiger partial charge in [-0.25, -0.2) is 0 Å². The zero-order valence-corrected chi connectivity index (χ0v) is 14.7. The molecule has 0 aliphatic carbocycles. The van der Waals surface area contributed by atoms with Crippen molar-refractivity contribution in [2.45, 2.75) is 84.2 Å². The zero-order valence-electron chi connectivity index (χ0n) is 14.7. The molecule has 0 aromatic rings. The number of hydrogen-bond acceptors (Lipinski definition) is 7. The van der Waals surface area contributed by atoms with Gasteiger partial charge in [0.2, 0.25) is 6.29 Å². The minimum Gasteiger partial charge on any atom is -0.458 e. The molecule has 1 aliphatic heterocycles. The van der Waals surface area contributed by atoms with Gasteiger partial charge in [-0.2, -0.15) is 0 Å². The van der Waals surface area contributed by atoms with Crippen molar-refractivity contribution < 1.29 is 33.3 Å². The van der Waals surface area contributed by atoms with Crippen LogP contribution in [0.15, 0.2) is 0 Å². The fourth-order valence-corrected chi connectivity index (χ4v) is 2.31. The van der Waals surface area contributed by atoms with Crippen LogP contribution in [0.2, 0.25) is 0 Å². The van der Waals surface area contributed by atoms with Gasteiger partial charge < -0.3 is 18.9 Å². The summed E-state index contributed by atoms with van der Waals surface area (Å²) < 4.78 is 21.4. The Morgan fingerprint density at radius 3 is 1.75 bits per heavy atom. The van der Waals surface area contributed by atoms with E-state index in [1.54, 1.807) is 0 Å². The third-order valence-electron chi connectivity index (χ3n) is 3.48. The quantitative estimate of drug-likeness (QED) is 0.469. The van der Waals surface area contributed by atoms with Crippen LogP contribution in [0.5, 0.6) is 0 Å². The topological polar surface area (TPSA) is 88.1 Å². The number of ether oxygens (including phenoxy) is 4. The van der Waals surface area contributed by atoms with Gasteiger partial charge in [-0.3, -0.25) is 14.4 Å². The van der Waals surface area contributed by atoms with Gasteiger partial charge in [0, 0.05) is 19.3 Å². The highest BCUT2D eigenvalue weighted by Crippen LogP contribution is 2.23. The molecule has 24 heavy (non-hydrogen) atoms. The molecule has 1 aliphatic rings. The first kappa shape index (κ1) is 20.4. The standard InChI is InChI=1S/C17H28O7/c1-4-7-14(18)22-12-10-17(24-16(20)9-6-3)21-11-13(12)23-15(19)8-5-2/h12-13,17H,4-11H2,1-3H3/t12-,13+,17?/m1/s1. The van der Waals surface area contributed by atoms with Crippen molar-refractivity contribution >= 4 is 17.9 Å². The maximum Gasteiger partial charge on any atom is 0.308 e. The number of hydrogen-bond donors (Lipinski definition) is 0. The van der Waals surface area contributed by atoms with Crippen LogP contribution in [-0.4, -0.2) is 43.0 Å². The van der Waals surface area contributed by atoms with Crippen LogP contribution in [0.3, 0.4) is 0 Å². The fourth-order valence-electron chi connectivity index (χ4n) is 2.31. The summed E-state index contributed by atoms with van der Waals surface area (Å²) in [5.74, 6) is -1.08. The minimum absolute atomic E-state index is 0.0313. The minimum atomic E-state index is -0.787. The predicted octanol–water partition coefficient (Wildman–Crippen LogP) is 2.50. The van der Waals surface area contributed by atoms with Gasteiger partial charge in [-0.15, -0.1) is 0 Å². The molecule has 0 aromatic carbocycles. The molecule has 138 valence electrons. The first-order chi connectivity index (χ1) is 11.5. The summed E-state index contributed by atoms with van der Waals surface area (Å²) in [6.45, 7) is 5.66. The van der Waals surface area contributed by atoms with E-state index in [2.05, 4.69) is 0 Å². The van der Waals surface area contributed by atoms with Crippen LogP contribution < -0.4 is 0 Å². The number of carbonyl (C=O) groups excluding carboxylic acids is 3. The lowest BCUT2D eigenvalue weighted by atomic mass is 10.1. The van der Waals surface area contributed by atoms with Crippen molar-refractivity contribution in [2.24, 2.45) is 0 Å². The molecule has 1 unspecified atom stereocenters. The van der Waals surface area contributed by atoms with Crippen LogP contribution in [0.25, 0.3) is 0 Å². The van der Waals surface area contributed by atoms with Crippen molar-refractivity contribution in [3.8, 4) is 0 Å². The summed E-state index contributed by atoms with van der Waals surface area (Å²) in [7, 11) is 0. The molecule has 1 heterocycles. The number of rotatable bonds is 9. The molecule has 0 aromatic heterocycles. The highest BCUT2D eigenvalue weighted by atomic mass is 16.7. The Morgan fingerprint density at radius 1 is 0.792 bits per heavy atom. The molecular formula is C17H28O7. The van der Waals surface area contributed by atoms with Crippen molar-refractivity contribution in [1.82, 2.24) is 0 Å². The van der Waals surface area contributed by atoms with E-state index in [1.165, 1.54) is 0 Å². The van der Waals surface area contributed by atoms with Gasteiger partial charge in [0.05, 0.1) is 13.0 Å². The second-order valence-corrected chi connectivity index (χ2v) is 5.80. The Labute approximate surface area is 143 Å². The molecule has 7 heteroatoms. The molecule has 0 N–H and O–H groups in total. The summed E-state index contributed by atoms with van der Waals surface area (Å²) >= 11 is 0. The second kappa shape index (κ2) is 11.0. The van der Waals surface area contributed by atoms with E-state index < -0.39 is 18.5 Å². The molecule has 0 spiro atoms. The first-order valence-electron chi connectivity index (χ1n) is 8.70. The third-order valence-corrected chi connectivity index (χ3v) is 3.48. The van der Waals surface area contributed by atoms with Gasteiger partial charge in [0.15, 0.2) is 6.10 Å². The van der Waals surface area contributed by atoms with Crippen LogP contribution in [-0.2, 0) is 33.3 Å². The highest BCUT2D eigenvalue weighted by Gasteiger charge is 2.38. The van der Waals surface area contributed by atoms with E-state index in [1.807, 2.05) is 20.8 Å². The van der Waals surface area contributed by atoms with E-state index in [-0.39, 0.29) is 37.4 Å². The molecule has 3 atom stereocenters. The van der Waals surface area contributed by atoms with Crippen molar-refractivity contribution in [3.05, 3.63) is 0 Å². The van der Waals surface area contributed by atoms with Crippen LogP contribution in [0, 0.1) is 0 Å². The number of esters is 3. The number of carbonyl (C=O) groups is 3. The molecule has 1 rings (SSSR count). The Balaban J connectivity index is 2.65. The Morgan fingerprint density at radius 2 is 1.25 bits per heavy atom. The van der Waals surface area contributed by atoms with Gasteiger partial charge in [0.25, 0.3) is 0 Å². The molecule has 7 nitrogen and oxygen atoms in total. The molecular weight excluding hydrogens is 316 g/mol. The van der Waals surface area contributed by atoms with Crippen molar-refractivity contribution in [1.29, 1.82) is 0 Å². The average molecular weight is 344 g/mol. The highest BCUT2D eigenvalue weighted by molar-refractivity contribution is 5.71. The summed E-state index contributed by atoms with van der Waals surface area (Å²) in [6.07, 6.45) is 0.922. The van der Waals surface area contributed by atoms with Gasteiger partial charge in [-0.05, 0) is 19.3 Å². The third kappa shape index (κ3) is 7.29. The molecule has 0 amide bonds. The maximum atomic E-state index is 11.8. The monoisotopic (exact) mass is 344 g/mol. The Hall–Kier alpha value is -1.63. The predicted molar refractivity (Wildman–Crippen MR) is 84.9 cm³/mol. The lowest BCUT2D eigenvalue weighted by Crippen LogP contribution is -2.47. The SMILES string of the molecule is CCCC(=O)OC1C[C@@H](OC(=O)CCC)[C@@H](OC(=O)CCC)CO1. The summed E-state index contributed by atoms with van der Waals surface area (Å²) in [5.41, 5.74) is 0. The van der Waals surface area contributed by atoms with E-state index in [0.29, 0.717) is 32.1 Å². The summed E-state index contributed by atoms with van der Waals surface area (Å²) in [6, 6.07) is 0. The van der Waals surface area contributed by atoms with Crippen molar-refractivity contribution in [2.75, 3.05) is 6.61 Å². The van der Waals surface area contributed by atoms with E-state index in [0.717, 1.165) is 0 Å². The van der Waals surface area contributed by atoms with Crippen LogP contribution in [0.4, 0.5) is 0 Å². The lowest BCUT2D eigenvalue weighted by Gasteiger charge is -2.34. The summed E-state index contributed by atoms with van der Waals surface area (Å²) in [5, 5.41) is 0. The van der Waals surface area contributed by atoms with E-state index in [9.17, 15) is 14.4 Å². The molecule has 0 bridgehead atoms. The fraction of sp³-hybridized carbons (Fsp3) is 0.824. The molecule has 0 radical (unpaired) electrons. The lowest BCUT2D eigenvalue weighted by molar-refractivity contribution is -0.230. The van der Waals surface area contributed by atoms with Gasteiger partial charge in [-0.1, -0.05) is 20.8 Å². The average Bonchev–Trinajstić information content (AvgIpc) is 2.50. The van der Waals surface area contributed by atoms with Crippen molar-refractivity contribution in [3.63, 3.8) is 0 Å². The van der Waals surface area contributed by atoms with Gasteiger partial charge in [0.1, 0.15) is 6.10 Å². The zero-order chi connectivity index (χ0) is 17.9. The molecule has 1 saturated heterocycles. The van der Waals surface area contributed by atoms with E-state index >= 15 is 0 Å². The van der Waals surface area contributed by atoms with Gasteiger partial charge >= 0.3 is 17.9 Å². The molecule has 1 fully saturated rings. The second-order valence-electron chi connectivity index (χ2n) is 5.80. The maximum absolute atomic E-state index is 11.8. The van der Waals surface area contributed by atoms with E-state index in [4.69, 9.17) is 18.9 Å². The largest absolute Gasteiger partial charge is 0.458 e. The Bertz CT molecular complexity index is 421. The van der Waals surface area contributed by atoms with Crippen LogP contribution in [0.1, 0.15) is 65.7 Å².